The Bertz CT molecular complexity index is 1470. The van der Waals surface area contributed by atoms with E-state index in [0.29, 0.717) is 36.0 Å². The van der Waals surface area contributed by atoms with Gasteiger partial charge in [0.25, 0.3) is 0 Å². The van der Waals surface area contributed by atoms with Crippen molar-refractivity contribution in [3.05, 3.63) is 70.8 Å². The Labute approximate surface area is 274 Å². The van der Waals surface area contributed by atoms with Crippen LogP contribution in [0.2, 0.25) is 0 Å². The van der Waals surface area contributed by atoms with E-state index in [4.69, 9.17) is 23.7 Å². The van der Waals surface area contributed by atoms with Crippen molar-refractivity contribution >= 4 is 11.9 Å². The minimum absolute atomic E-state index is 0.109. The Morgan fingerprint density at radius 3 is 2.11 bits per heavy atom. The van der Waals surface area contributed by atoms with Gasteiger partial charge in [0.15, 0.2) is 5.79 Å². The van der Waals surface area contributed by atoms with Crippen LogP contribution in [0.15, 0.2) is 48.5 Å². The van der Waals surface area contributed by atoms with Crippen LogP contribution in [-0.4, -0.2) is 54.9 Å². The number of hydrogen-bond acceptors (Lipinski definition) is 7. The van der Waals surface area contributed by atoms with Crippen LogP contribution in [0.4, 0.5) is 0 Å². The lowest BCUT2D eigenvalue weighted by molar-refractivity contribution is -0.359. The molecule has 4 aliphatic rings. The van der Waals surface area contributed by atoms with Crippen LogP contribution in [0.5, 0.6) is 0 Å². The van der Waals surface area contributed by atoms with Crippen molar-refractivity contribution in [3.63, 3.8) is 0 Å². The summed E-state index contributed by atoms with van der Waals surface area (Å²) in [6.07, 6.45) is 6.28. The van der Waals surface area contributed by atoms with Gasteiger partial charge in [-0.3, -0.25) is 0 Å². The number of benzene rings is 2. The summed E-state index contributed by atoms with van der Waals surface area (Å²) in [4.78, 5) is 26.4. The lowest BCUT2D eigenvalue weighted by Gasteiger charge is -2.67. The Morgan fingerprint density at radius 2 is 1.46 bits per heavy atom. The lowest BCUT2D eigenvalue weighted by Crippen LogP contribution is -2.69. The molecule has 2 saturated heterocycles. The minimum atomic E-state index is -0.775. The van der Waals surface area contributed by atoms with Crippen molar-refractivity contribution in [1.29, 1.82) is 0 Å². The maximum Gasteiger partial charge on any atom is 0.338 e. The smallest absolute Gasteiger partial charge is 0.338 e. The van der Waals surface area contributed by atoms with Crippen molar-refractivity contribution in [3.8, 4) is 0 Å². The molecular formula is C39H52O7. The SMILES string of the molecule is Cc1ccccc1C(=O)OCC[C@]1(COC(=O)c2ccccc2C)CC[C@@]2(O1)[C@H](C)CCC1[C@]3(C)COC(C)(C)O[C@H]3CC[C@@]12C. The van der Waals surface area contributed by atoms with E-state index in [-0.39, 0.29) is 42.1 Å². The van der Waals surface area contributed by atoms with Crippen LogP contribution >= 0.6 is 0 Å². The molecule has 2 aromatic carbocycles. The van der Waals surface area contributed by atoms with Gasteiger partial charge in [-0.15, -0.1) is 0 Å². The number of carbonyl (C=O) groups excluding carboxylic acids is 2. The first-order valence-corrected chi connectivity index (χ1v) is 17.2. The fourth-order valence-electron chi connectivity index (χ4n) is 9.63. The van der Waals surface area contributed by atoms with Crippen LogP contribution in [-0.2, 0) is 23.7 Å². The number of carbonyl (C=O) groups is 2. The second-order valence-electron chi connectivity index (χ2n) is 15.6. The number of ether oxygens (including phenoxy) is 5. The van der Waals surface area contributed by atoms with Gasteiger partial charge in [0, 0.05) is 17.3 Å². The molecule has 7 atom stereocenters. The molecule has 4 fully saturated rings. The molecule has 7 heteroatoms. The summed E-state index contributed by atoms with van der Waals surface area (Å²) in [5.41, 5.74) is 1.44. The van der Waals surface area contributed by atoms with Gasteiger partial charge in [-0.2, -0.15) is 0 Å². The van der Waals surface area contributed by atoms with Crippen LogP contribution in [0, 0.1) is 36.5 Å². The van der Waals surface area contributed by atoms with Gasteiger partial charge in [-0.1, -0.05) is 57.2 Å². The molecule has 2 aromatic rings. The third kappa shape index (κ3) is 5.60. The van der Waals surface area contributed by atoms with Gasteiger partial charge < -0.3 is 23.7 Å². The van der Waals surface area contributed by atoms with Crippen molar-refractivity contribution in [2.75, 3.05) is 19.8 Å². The summed E-state index contributed by atoms with van der Waals surface area (Å²) < 4.78 is 32.3. The lowest BCUT2D eigenvalue weighted by atomic mass is 9.43. The summed E-state index contributed by atoms with van der Waals surface area (Å²) in [6, 6.07) is 14.9. The number of fused-ring (bicyclic) bond motifs is 4. The van der Waals surface area contributed by atoms with Crippen molar-refractivity contribution in [2.24, 2.45) is 22.7 Å². The molecule has 2 saturated carbocycles. The molecule has 1 spiro atoms. The molecule has 250 valence electrons. The molecule has 2 heterocycles. The fraction of sp³-hybridized carbons (Fsp3) is 0.641. The molecule has 7 nitrogen and oxygen atoms in total. The predicted octanol–water partition coefficient (Wildman–Crippen LogP) is 8.00. The van der Waals surface area contributed by atoms with Crippen LogP contribution in [0.25, 0.3) is 0 Å². The average molecular weight is 633 g/mol. The zero-order chi connectivity index (χ0) is 33.0. The summed E-state index contributed by atoms with van der Waals surface area (Å²) in [7, 11) is 0. The Balaban J connectivity index is 1.27. The summed E-state index contributed by atoms with van der Waals surface area (Å²) in [5.74, 6) is -0.600. The quantitative estimate of drug-likeness (QED) is 0.286. The van der Waals surface area contributed by atoms with Crippen LogP contribution in [0.3, 0.4) is 0 Å². The monoisotopic (exact) mass is 632 g/mol. The molecule has 0 amide bonds. The number of esters is 2. The highest BCUT2D eigenvalue weighted by atomic mass is 16.7. The maximum atomic E-state index is 13.4. The average Bonchev–Trinajstić information content (AvgIpc) is 3.41. The van der Waals surface area contributed by atoms with Crippen molar-refractivity contribution in [2.45, 2.75) is 117 Å². The molecule has 6 rings (SSSR count). The van der Waals surface area contributed by atoms with E-state index in [2.05, 4.69) is 20.8 Å². The van der Waals surface area contributed by atoms with E-state index < -0.39 is 17.0 Å². The first-order valence-electron chi connectivity index (χ1n) is 17.2. The van der Waals surface area contributed by atoms with Crippen LogP contribution < -0.4 is 0 Å². The van der Waals surface area contributed by atoms with E-state index in [1.807, 2.05) is 64.1 Å². The van der Waals surface area contributed by atoms with Crippen molar-refractivity contribution in [1.82, 2.24) is 0 Å². The summed E-state index contributed by atoms with van der Waals surface area (Å²) >= 11 is 0. The second kappa shape index (κ2) is 12.1. The molecule has 1 unspecified atom stereocenters. The zero-order valence-corrected chi connectivity index (χ0v) is 28.8. The highest BCUT2D eigenvalue weighted by molar-refractivity contribution is 5.91. The fourth-order valence-corrected chi connectivity index (χ4v) is 9.63. The number of hydrogen-bond donors (Lipinski definition) is 0. The van der Waals surface area contributed by atoms with Gasteiger partial charge in [-0.05, 0) is 101 Å². The zero-order valence-electron chi connectivity index (χ0n) is 28.8. The Hall–Kier alpha value is -2.74. The van der Waals surface area contributed by atoms with E-state index in [0.717, 1.165) is 49.7 Å². The molecule has 0 N–H and O–H groups in total. The largest absolute Gasteiger partial charge is 0.462 e. The molecule has 2 aliphatic heterocycles. The summed E-state index contributed by atoms with van der Waals surface area (Å²) in [5, 5.41) is 0. The highest BCUT2D eigenvalue weighted by Crippen LogP contribution is 2.69. The number of aryl methyl sites for hydroxylation is 2. The molecule has 0 aromatic heterocycles. The topological polar surface area (TPSA) is 80.3 Å². The van der Waals surface area contributed by atoms with E-state index >= 15 is 0 Å². The third-order valence-electron chi connectivity index (χ3n) is 12.4. The van der Waals surface area contributed by atoms with Gasteiger partial charge >= 0.3 is 11.9 Å². The Morgan fingerprint density at radius 1 is 0.826 bits per heavy atom. The van der Waals surface area contributed by atoms with Gasteiger partial charge in [0.05, 0.1) is 36.0 Å². The maximum absolute atomic E-state index is 13.4. The van der Waals surface area contributed by atoms with Crippen LogP contribution in [0.1, 0.15) is 111 Å². The third-order valence-corrected chi connectivity index (χ3v) is 12.4. The second-order valence-corrected chi connectivity index (χ2v) is 15.6. The molecular weight excluding hydrogens is 580 g/mol. The van der Waals surface area contributed by atoms with Gasteiger partial charge in [0.1, 0.15) is 12.2 Å². The highest BCUT2D eigenvalue weighted by Gasteiger charge is 2.70. The molecule has 46 heavy (non-hydrogen) atoms. The van der Waals surface area contributed by atoms with Crippen molar-refractivity contribution < 1.29 is 33.3 Å². The van der Waals surface area contributed by atoms with Gasteiger partial charge in [-0.25, -0.2) is 9.59 Å². The van der Waals surface area contributed by atoms with Gasteiger partial charge in [0.2, 0.25) is 0 Å². The normalized spacial score (nSPS) is 36.5. The van der Waals surface area contributed by atoms with E-state index in [1.165, 1.54) is 0 Å². The van der Waals surface area contributed by atoms with E-state index in [1.54, 1.807) is 12.1 Å². The summed E-state index contributed by atoms with van der Waals surface area (Å²) in [6.45, 7) is 15.9. The number of rotatable bonds is 7. The first kappa shape index (κ1) is 33.2. The molecule has 0 bridgehead atoms. The molecule has 2 aliphatic carbocycles. The standard InChI is InChI=1S/C39H52O7/c1-26-12-8-10-14-29(26)33(40)42-23-22-38(25-43-34(41)30-15-11-9-13-27(30)2)20-21-39(46-38)28(3)16-17-31-36(6)24-44-35(4,5)45-32(36)18-19-37(31,39)7/h8-15,28,31-32H,16-25H2,1-7H3/t28-,31?,32+,36+,37+,38+,39-/m1/s1. The Kier molecular flexibility index (Phi) is 8.69. The first-order chi connectivity index (χ1) is 21.7. The van der Waals surface area contributed by atoms with E-state index in [9.17, 15) is 9.59 Å². The predicted molar refractivity (Wildman–Crippen MR) is 176 cm³/mol. The molecule has 0 radical (unpaired) electrons. The minimum Gasteiger partial charge on any atom is -0.462 e.